The van der Waals surface area contributed by atoms with Gasteiger partial charge in [-0.3, -0.25) is 0 Å². The first-order valence-electron chi connectivity index (χ1n) is 5.41. The van der Waals surface area contributed by atoms with E-state index in [9.17, 15) is 0 Å². The highest BCUT2D eigenvalue weighted by molar-refractivity contribution is 6.33. The lowest BCUT2D eigenvalue weighted by Gasteiger charge is -2.28. The lowest BCUT2D eigenvalue weighted by Crippen LogP contribution is -2.32. The van der Waals surface area contributed by atoms with Gasteiger partial charge in [-0.05, 0) is 31.2 Å². The number of hydrogen-bond donors (Lipinski definition) is 1. The van der Waals surface area contributed by atoms with Crippen LogP contribution in [0.1, 0.15) is 19.3 Å². The van der Waals surface area contributed by atoms with E-state index >= 15 is 0 Å². The number of anilines is 2. The summed E-state index contributed by atoms with van der Waals surface area (Å²) in [4.78, 5) is 6.69. The number of fused-ring (bicyclic) bond motifs is 2. The maximum absolute atomic E-state index is 6.16. The van der Waals surface area contributed by atoms with E-state index < -0.39 is 0 Å². The van der Waals surface area contributed by atoms with E-state index in [2.05, 4.69) is 9.88 Å². The van der Waals surface area contributed by atoms with Gasteiger partial charge in [0.05, 0.1) is 16.9 Å². The van der Waals surface area contributed by atoms with Crippen molar-refractivity contribution in [2.75, 3.05) is 17.2 Å². The molecule has 80 valence electrons. The zero-order valence-electron chi connectivity index (χ0n) is 8.49. The minimum Gasteiger partial charge on any atom is -0.397 e. The van der Waals surface area contributed by atoms with Gasteiger partial charge in [0.1, 0.15) is 5.82 Å². The molecule has 2 fully saturated rings. The Morgan fingerprint density at radius 3 is 2.93 bits per heavy atom. The van der Waals surface area contributed by atoms with Gasteiger partial charge in [-0.2, -0.15) is 0 Å². The van der Waals surface area contributed by atoms with Crippen LogP contribution in [0.3, 0.4) is 0 Å². The second-order valence-corrected chi connectivity index (χ2v) is 4.97. The number of nitrogens with zero attached hydrogens (tertiary/aromatic N) is 2. The van der Waals surface area contributed by atoms with E-state index in [0.29, 0.717) is 16.8 Å². The Kier molecular flexibility index (Phi) is 2.02. The van der Waals surface area contributed by atoms with Gasteiger partial charge in [0.25, 0.3) is 0 Å². The second kappa shape index (κ2) is 3.27. The number of nitrogens with two attached hydrogens (primary N) is 1. The summed E-state index contributed by atoms with van der Waals surface area (Å²) >= 11 is 6.16. The Hall–Kier alpha value is -0.960. The molecule has 1 aliphatic carbocycles. The van der Waals surface area contributed by atoms with E-state index in [1.54, 1.807) is 12.3 Å². The zero-order chi connectivity index (χ0) is 10.4. The Morgan fingerprint density at radius 1 is 1.47 bits per heavy atom. The second-order valence-electron chi connectivity index (χ2n) is 4.56. The Labute approximate surface area is 94.2 Å². The highest BCUT2D eigenvalue weighted by atomic mass is 35.5. The molecule has 1 aromatic heterocycles. The SMILES string of the molecule is Nc1cnc(N2CC3CCC2C3)c(Cl)c1. The van der Waals surface area contributed by atoms with Gasteiger partial charge in [-0.15, -0.1) is 0 Å². The fourth-order valence-corrected chi connectivity index (χ4v) is 3.12. The van der Waals surface area contributed by atoms with Gasteiger partial charge >= 0.3 is 0 Å². The molecule has 4 heteroatoms. The molecule has 0 spiro atoms. The van der Waals surface area contributed by atoms with Crippen LogP contribution in [0.25, 0.3) is 0 Å². The molecule has 0 amide bonds. The number of rotatable bonds is 1. The van der Waals surface area contributed by atoms with Crippen LogP contribution in [0, 0.1) is 5.92 Å². The summed E-state index contributed by atoms with van der Waals surface area (Å²) in [5.74, 6) is 1.77. The smallest absolute Gasteiger partial charge is 0.147 e. The fraction of sp³-hybridized carbons (Fsp3) is 0.545. The third-order valence-corrected chi connectivity index (χ3v) is 3.80. The van der Waals surface area contributed by atoms with Crippen molar-refractivity contribution in [2.24, 2.45) is 5.92 Å². The molecule has 2 atom stereocenters. The van der Waals surface area contributed by atoms with Crippen molar-refractivity contribution in [3.05, 3.63) is 17.3 Å². The molecule has 2 N–H and O–H groups in total. The van der Waals surface area contributed by atoms with Crippen LogP contribution < -0.4 is 10.6 Å². The fourth-order valence-electron chi connectivity index (χ4n) is 2.84. The summed E-state index contributed by atoms with van der Waals surface area (Å²) in [5, 5.41) is 0.683. The molecule has 2 heterocycles. The molecular weight excluding hydrogens is 210 g/mol. The lowest BCUT2D eigenvalue weighted by atomic mass is 10.1. The van der Waals surface area contributed by atoms with E-state index in [4.69, 9.17) is 17.3 Å². The molecule has 3 rings (SSSR count). The predicted octanol–water partition coefficient (Wildman–Crippen LogP) is 2.31. The van der Waals surface area contributed by atoms with Crippen LogP contribution in [0.4, 0.5) is 11.5 Å². The van der Waals surface area contributed by atoms with Gasteiger partial charge in [0, 0.05) is 12.6 Å². The topological polar surface area (TPSA) is 42.1 Å². The molecule has 2 bridgehead atoms. The van der Waals surface area contributed by atoms with Crippen LogP contribution in [0.2, 0.25) is 5.02 Å². The van der Waals surface area contributed by atoms with Crippen molar-refractivity contribution in [3.63, 3.8) is 0 Å². The van der Waals surface area contributed by atoms with Crippen LogP contribution >= 0.6 is 11.6 Å². The monoisotopic (exact) mass is 223 g/mol. The number of halogens is 1. The minimum absolute atomic E-state index is 0.633. The van der Waals surface area contributed by atoms with Crippen molar-refractivity contribution >= 4 is 23.1 Å². The number of pyridine rings is 1. The van der Waals surface area contributed by atoms with Crippen LogP contribution in [0.15, 0.2) is 12.3 Å². The molecule has 2 aliphatic rings. The van der Waals surface area contributed by atoms with Gasteiger partial charge in [-0.25, -0.2) is 4.98 Å². The van der Waals surface area contributed by atoms with Crippen molar-refractivity contribution in [1.29, 1.82) is 0 Å². The van der Waals surface area contributed by atoms with Crippen LogP contribution in [0.5, 0.6) is 0 Å². The molecule has 15 heavy (non-hydrogen) atoms. The van der Waals surface area contributed by atoms with Crippen molar-refractivity contribution in [2.45, 2.75) is 25.3 Å². The highest BCUT2D eigenvalue weighted by Gasteiger charge is 2.38. The maximum Gasteiger partial charge on any atom is 0.147 e. The lowest BCUT2D eigenvalue weighted by molar-refractivity contribution is 0.550. The van der Waals surface area contributed by atoms with Crippen molar-refractivity contribution < 1.29 is 0 Å². The largest absolute Gasteiger partial charge is 0.397 e. The molecule has 0 radical (unpaired) electrons. The summed E-state index contributed by atoms with van der Waals surface area (Å²) in [6.45, 7) is 1.11. The molecule has 1 saturated carbocycles. The molecule has 1 aliphatic heterocycles. The van der Waals surface area contributed by atoms with Gasteiger partial charge in [-0.1, -0.05) is 11.6 Å². The maximum atomic E-state index is 6.16. The van der Waals surface area contributed by atoms with E-state index in [-0.39, 0.29) is 0 Å². The molecule has 3 nitrogen and oxygen atoms in total. The Balaban J connectivity index is 1.93. The molecule has 1 saturated heterocycles. The summed E-state index contributed by atoms with van der Waals surface area (Å²) in [6.07, 6.45) is 5.65. The number of piperidine rings is 1. The highest BCUT2D eigenvalue weighted by Crippen LogP contribution is 2.41. The predicted molar refractivity (Wildman–Crippen MR) is 62.1 cm³/mol. The molecule has 1 aromatic rings. The zero-order valence-corrected chi connectivity index (χ0v) is 9.24. The van der Waals surface area contributed by atoms with Gasteiger partial charge in [0.2, 0.25) is 0 Å². The average Bonchev–Trinajstić information content (AvgIpc) is 2.78. The van der Waals surface area contributed by atoms with Crippen LogP contribution in [-0.2, 0) is 0 Å². The third kappa shape index (κ3) is 1.46. The Bertz CT molecular complexity index is 393. The van der Waals surface area contributed by atoms with E-state index in [0.717, 1.165) is 18.3 Å². The number of aromatic nitrogens is 1. The van der Waals surface area contributed by atoms with Crippen molar-refractivity contribution in [1.82, 2.24) is 4.98 Å². The number of hydrogen-bond acceptors (Lipinski definition) is 3. The first-order chi connectivity index (χ1) is 7.24. The van der Waals surface area contributed by atoms with E-state index in [1.807, 2.05) is 0 Å². The third-order valence-electron chi connectivity index (χ3n) is 3.52. The van der Waals surface area contributed by atoms with Gasteiger partial charge < -0.3 is 10.6 Å². The standard InChI is InChI=1S/C11H14ClN3/c12-10-4-8(13)5-14-11(10)15-6-7-1-2-9(15)3-7/h4-5,7,9H,1-3,6,13H2. The van der Waals surface area contributed by atoms with Crippen LogP contribution in [-0.4, -0.2) is 17.6 Å². The average molecular weight is 224 g/mol. The van der Waals surface area contributed by atoms with E-state index in [1.165, 1.54) is 19.3 Å². The first-order valence-corrected chi connectivity index (χ1v) is 5.79. The van der Waals surface area contributed by atoms with Gasteiger partial charge in [0.15, 0.2) is 0 Å². The first kappa shape index (κ1) is 9.28. The minimum atomic E-state index is 0.633. The molecular formula is C11H14ClN3. The summed E-state index contributed by atoms with van der Waals surface area (Å²) < 4.78 is 0. The number of nitrogen functional groups attached to an aromatic ring is 1. The summed E-state index contributed by atoms with van der Waals surface area (Å²) in [6, 6.07) is 2.44. The molecule has 0 aromatic carbocycles. The Morgan fingerprint density at radius 2 is 2.33 bits per heavy atom. The molecule has 2 unspecified atom stereocenters. The normalized spacial score (nSPS) is 28.7. The summed E-state index contributed by atoms with van der Waals surface area (Å²) in [5.41, 5.74) is 6.27. The quantitative estimate of drug-likeness (QED) is 0.795. The summed E-state index contributed by atoms with van der Waals surface area (Å²) in [7, 11) is 0. The van der Waals surface area contributed by atoms with Crippen molar-refractivity contribution in [3.8, 4) is 0 Å².